The quantitative estimate of drug-likeness (QED) is 0.481. The lowest BCUT2D eigenvalue weighted by Gasteiger charge is -2.21. The lowest BCUT2D eigenvalue weighted by Crippen LogP contribution is -2.32. The van der Waals surface area contributed by atoms with Crippen molar-refractivity contribution in [2.45, 2.75) is 36.6 Å². The van der Waals surface area contributed by atoms with Gasteiger partial charge in [-0.25, -0.2) is 0 Å². The predicted molar refractivity (Wildman–Crippen MR) is 122 cm³/mol. The van der Waals surface area contributed by atoms with E-state index in [9.17, 15) is 4.79 Å². The van der Waals surface area contributed by atoms with Crippen LogP contribution >= 0.6 is 23.5 Å². The molecule has 1 heterocycles. The molecule has 0 unspecified atom stereocenters. The highest BCUT2D eigenvalue weighted by molar-refractivity contribution is 7.99. The van der Waals surface area contributed by atoms with Crippen molar-refractivity contribution in [1.82, 2.24) is 14.8 Å². The van der Waals surface area contributed by atoms with Crippen LogP contribution in [0.5, 0.6) is 0 Å². The third-order valence-corrected chi connectivity index (χ3v) is 6.58. The molecule has 152 valence electrons. The second kappa shape index (κ2) is 9.98. The second-order valence-electron chi connectivity index (χ2n) is 6.83. The van der Waals surface area contributed by atoms with E-state index in [1.165, 1.54) is 22.2 Å². The largest absolute Gasteiger partial charge is 0.312 e. The molecule has 0 atom stereocenters. The molecule has 0 N–H and O–H groups in total. The molecule has 0 aliphatic carbocycles. The van der Waals surface area contributed by atoms with Gasteiger partial charge in [0.1, 0.15) is 5.82 Å². The van der Waals surface area contributed by atoms with Gasteiger partial charge in [0.2, 0.25) is 5.91 Å². The first kappa shape index (κ1) is 21.5. The van der Waals surface area contributed by atoms with Crippen molar-refractivity contribution < 1.29 is 4.79 Å². The van der Waals surface area contributed by atoms with Crippen molar-refractivity contribution in [1.29, 1.82) is 0 Å². The summed E-state index contributed by atoms with van der Waals surface area (Å²) in [7, 11) is 1.95. The number of rotatable bonds is 8. The number of aromatic nitrogens is 3. The van der Waals surface area contributed by atoms with Crippen LogP contribution in [0.4, 0.5) is 5.69 Å². The summed E-state index contributed by atoms with van der Waals surface area (Å²) in [4.78, 5) is 15.8. The minimum atomic E-state index is 0.0710. The number of anilines is 1. The van der Waals surface area contributed by atoms with Crippen LogP contribution in [0.3, 0.4) is 0 Å². The van der Waals surface area contributed by atoms with Crippen LogP contribution in [-0.2, 0) is 17.6 Å². The van der Waals surface area contributed by atoms with E-state index >= 15 is 0 Å². The van der Waals surface area contributed by atoms with E-state index in [0.29, 0.717) is 12.3 Å². The fourth-order valence-corrected chi connectivity index (χ4v) is 4.56. The van der Waals surface area contributed by atoms with E-state index in [4.69, 9.17) is 0 Å². The minimum Gasteiger partial charge on any atom is -0.312 e. The van der Waals surface area contributed by atoms with E-state index in [-0.39, 0.29) is 5.91 Å². The number of carbonyl (C=O) groups excluding carboxylic acids is 1. The monoisotopic (exact) mass is 426 g/mol. The summed E-state index contributed by atoms with van der Waals surface area (Å²) in [6.45, 7) is 6.75. The Morgan fingerprint density at radius 1 is 1.03 bits per heavy atom. The van der Waals surface area contributed by atoms with Gasteiger partial charge in [0.05, 0.1) is 11.5 Å². The van der Waals surface area contributed by atoms with Crippen LogP contribution in [0.2, 0.25) is 0 Å². The molecule has 1 amide bonds. The molecule has 0 aliphatic heterocycles. The number of nitrogens with zero attached hydrogens (tertiary/aromatic N) is 4. The van der Waals surface area contributed by atoms with Gasteiger partial charge in [-0.3, -0.25) is 4.79 Å². The lowest BCUT2D eigenvalue weighted by molar-refractivity contribution is -0.116. The van der Waals surface area contributed by atoms with Gasteiger partial charge in [0, 0.05) is 24.2 Å². The molecular formula is C22H26N4OS2. The first-order valence-corrected chi connectivity index (χ1v) is 11.5. The normalized spacial score (nSPS) is 10.9. The topological polar surface area (TPSA) is 51.0 Å². The molecule has 0 bridgehead atoms. The maximum atomic E-state index is 12.8. The SMILES string of the molecule is CCN(C(=O)CSc1nnc(CSc2ccc(C)cc2)n1C)c1cccc(C)c1. The Balaban J connectivity index is 1.59. The zero-order valence-corrected chi connectivity index (χ0v) is 18.9. The van der Waals surface area contributed by atoms with Crippen molar-refractivity contribution in [2.24, 2.45) is 7.05 Å². The molecule has 0 radical (unpaired) electrons. The number of thioether (sulfide) groups is 2. The molecule has 0 aliphatic rings. The van der Waals surface area contributed by atoms with Gasteiger partial charge in [-0.15, -0.1) is 22.0 Å². The fraction of sp³-hybridized carbons (Fsp3) is 0.318. The zero-order valence-electron chi connectivity index (χ0n) is 17.3. The standard InChI is InChI=1S/C22H26N4OS2/c1-5-26(18-8-6-7-17(3)13-18)21(27)15-29-22-24-23-20(25(22)4)14-28-19-11-9-16(2)10-12-19/h6-13H,5,14-15H2,1-4H3. The predicted octanol–water partition coefficient (Wildman–Crippen LogP) is 4.87. The molecule has 0 saturated heterocycles. The maximum Gasteiger partial charge on any atom is 0.237 e. The Bertz CT molecular complexity index is 969. The molecule has 0 saturated carbocycles. The highest BCUT2D eigenvalue weighted by atomic mass is 32.2. The summed E-state index contributed by atoms with van der Waals surface area (Å²) in [5.41, 5.74) is 3.33. The summed E-state index contributed by atoms with van der Waals surface area (Å²) in [6.07, 6.45) is 0. The Morgan fingerprint density at radius 3 is 2.48 bits per heavy atom. The van der Waals surface area contributed by atoms with Crippen LogP contribution in [-0.4, -0.2) is 33.0 Å². The summed E-state index contributed by atoms with van der Waals surface area (Å²) < 4.78 is 1.97. The lowest BCUT2D eigenvalue weighted by atomic mass is 10.2. The molecule has 5 nitrogen and oxygen atoms in total. The first-order valence-electron chi connectivity index (χ1n) is 9.55. The van der Waals surface area contributed by atoms with Gasteiger partial charge < -0.3 is 9.47 Å². The second-order valence-corrected chi connectivity index (χ2v) is 8.82. The van der Waals surface area contributed by atoms with Crippen LogP contribution in [0.25, 0.3) is 0 Å². The molecule has 29 heavy (non-hydrogen) atoms. The Morgan fingerprint density at radius 2 is 1.79 bits per heavy atom. The van der Waals surface area contributed by atoms with Crippen molar-refractivity contribution >= 4 is 35.1 Å². The summed E-state index contributed by atoms with van der Waals surface area (Å²) >= 11 is 3.16. The van der Waals surface area contributed by atoms with E-state index < -0.39 is 0 Å². The van der Waals surface area contributed by atoms with Crippen LogP contribution < -0.4 is 4.90 Å². The van der Waals surface area contributed by atoms with E-state index in [1.54, 1.807) is 11.8 Å². The fourth-order valence-electron chi connectivity index (χ4n) is 2.88. The number of benzene rings is 2. The van der Waals surface area contributed by atoms with Gasteiger partial charge in [-0.2, -0.15) is 0 Å². The van der Waals surface area contributed by atoms with Crippen LogP contribution in [0.1, 0.15) is 23.9 Å². The van der Waals surface area contributed by atoms with Crippen molar-refractivity contribution in [2.75, 3.05) is 17.2 Å². The van der Waals surface area contributed by atoms with Crippen molar-refractivity contribution in [3.8, 4) is 0 Å². The molecule has 7 heteroatoms. The maximum absolute atomic E-state index is 12.8. The van der Waals surface area contributed by atoms with Gasteiger partial charge in [-0.05, 0) is 50.6 Å². The Hall–Kier alpha value is -2.25. The average molecular weight is 427 g/mol. The molecule has 2 aromatic carbocycles. The van der Waals surface area contributed by atoms with E-state index in [2.05, 4.69) is 41.4 Å². The van der Waals surface area contributed by atoms with Gasteiger partial charge in [0.25, 0.3) is 0 Å². The van der Waals surface area contributed by atoms with E-state index in [1.807, 2.05) is 54.6 Å². The third kappa shape index (κ3) is 5.64. The Labute approximate surface area is 180 Å². The Kier molecular flexibility index (Phi) is 7.39. The highest BCUT2D eigenvalue weighted by Crippen LogP contribution is 2.25. The molecule has 0 spiro atoms. The number of hydrogen-bond donors (Lipinski definition) is 0. The molecule has 3 aromatic rings. The number of amides is 1. The highest BCUT2D eigenvalue weighted by Gasteiger charge is 2.17. The van der Waals surface area contributed by atoms with Crippen LogP contribution in [0.15, 0.2) is 58.6 Å². The number of hydrogen-bond acceptors (Lipinski definition) is 5. The smallest absolute Gasteiger partial charge is 0.237 e. The van der Waals surface area contributed by atoms with Gasteiger partial charge in [0.15, 0.2) is 5.16 Å². The summed E-state index contributed by atoms with van der Waals surface area (Å²) in [6, 6.07) is 16.5. The number of carbonyl (C=O) groups is 1. The van der Waals surface area contributed by atoms with Gasteiger partial charge in [-0.1, -0.05) is 41.6 Å². The van der Waals surface area contributed by atoms with E-state index in [0.717, 1.165) is 28.0 Å². The van der Waals surface area contributed by atoms with Gasteiger partial charge >= 0.3 is 0 Å². The van der Waals surface area contributed by atoms with Crippen molar-refractivity contribution in [3.05, 3.63) is 65.5 Å². The minimum absolute atomic E-state index is 0.0710. The zero-order chi connectivity index (χ0) is 20.8. The molecular weight excluding hydrogens is 400 g/mol. The molecule has 0 fully saturated rings. The van der Waals surface area contributed by atoms with Crippen LogP contribution in [0, 0.1) is 13.8 Å². The summed E-state index contributed by atoms with van der Waals surface area (Å²) in [5.74, 6) is 2.04. The third-order valence-electron chi connectivity index (χ3n) is 4.57. The number of aryl methyl sites for hydroxylation is 2. The molecule has 1 aromatic heterocycles. The average Bonchev–Trinajstić information content (AvgIpc) is 3.06. The first-order chi connectivity index (χ1) is 14.0. The van der Waals surface area contributed by atoms with Crippen molar-refractivity contribution in [3.63, 3.8) is 0 Å². The molecule has 3 rings (SSSR count). The summed E-state index contributed by atoms with van der Waals surface area (Å²) in [5, 5.41) is 9.35.